The third-order valence-corrected chi connectivity index (χ3v) is 27.4. The van der Waals surface area contributed by atoms with Gasteiger partial charge >= 0.3 is 0 Å². The molecule has 0 aliphatic heterocycles. The highest BCUT2D eigenvalue weighted by molar-refractivity contribution is 7.86. The SMILES string of the molecule is O=S(=O)(O)CCCC[P+](Cc1ccccc1C[P+](CCCCS(=O)(=O)O)(C1CCCCC1)C1CCCCC1)(C1CCCCC1)C1CCCCC1. The highest BCUT2D eigenvalue weighted by Gasteiger charge is 2.54. The van der Waals surface area contributed by atoms with E-state index in [0.29, 0.717) is 12.8 Å². The van der Waals surface area contributed by atoms with Crippen molar-refractivity contribution in [3.8, 4) is 0 Å². The van der Waals surface area contributed by atoms with Crippen LogP contribution in [0.4, 0.5) is 0 Å². The van der Waals surface area contributed by atoms with Crippen molar-refractivity contribution in [2.75, 3.05) is 23.8 Å². The van der Waals surface area contributed by atoms with Crippen molar-refractivity contribution in [1.29, 1.82) is 0 Å². The van der Waals surface area contributed by atoms with Gasteiger partial charge in [0.15, 0.2) is 0 Å². The quantitative estimate of drug-likeness (QED) is 0.0874. The molecular weight excluding hydrogens is 703 g/mol. The lowest BCUT2D eigenvalue weighted by molar-refractivity contribution is 0.473. The summed E-state index contributed by atoms with van der Waals surface area (Å²) in [7, 11) is -10.9. The molecule has 0 bridgehead atoms. The molecule has 1 aromatic rings. The Balaban J connectivity index is 1.52. The van der Waals surface area contributed by atoms with Crippen molar-refractivity contribution < 1.29 is 25.9 Å². The molecule has 0 spiro atoms. The van der Waals surface area contributed by atoms with Gasteiger partial charge in [0.25, 0.3) is 20.2 Å². The normalized spacial score (nSPS) is 21.8. The zero-order valence-electron chi connectivity index (χ0n) is 31.1. The third-order valence-electron chi connectivity index (χ3n) is 13.7. The van der Waals surface area contributed by atoms with E-state index in [1.165, 1.54) is 141 Å². The van der Waals surface area contributed by atoms with Gasteiger partial charge in [-0.15, -0.1) is 0 Å². The Hall–Kier alpha value is -0.100. The van der Waals surface area contributed by atoms with Crippen LogP contribution in [0.1, 0.15) is 165 Å². The average Bonchev–Trinajstić information content (AvgIpc) is 3.12. The number of hydrogen-bond donors (Lipinski definition) is 2. The van der Waals surface area contributed by atoms with E-state index in [1.807, 2.05) is 0 Å². The zero-order chi connectivity index (χ0) is 35.5. The van der Waals surface area contributed by atoms with Gasteiger partial charge in [0.1, 0.15) is 0 Å². The number of rotatable bonds is 18. The minimum atomic E-state index is -3.95. The van der Waals surface area contributed by atoms with Crippen LogP contribution in [0.3, 0.4) is 0 Å². The maximum atomic E-state index is 11.8. The van der Waals surface area contributed by atoms with Gasteiger partial charge in [-0.3, -0.25) is 9.11 Å². The first-order valence-electron chi connectivity index (χ1n) is 20.7. The van der Waals surface area contributed by atoms with Crippen LogP contribution in [0.2, 0.25) is 0 Å². The largest absolute Gasteiger partial charge is 0.286 e. The molecule has 0 atom stereocenters. The molecule has 0 amide bonds. The van der Waals surface area contributed by atoms with Crippen LogP contribution in [0.5, 0.6) is 0 Å². The molecule has 4 aliphatic carbocycles. The van der Waals surface area contributed by atoms with Gasteiger partial charge in [0.05, 0.1) is 58.8 Å². The number of unbranched alkanes of at least 4 members (excludes halogenated alkanes) is 2. The van der Waals surface area contributed by atoms with Crippen LogP contribution in [0.25, 0.3) is 0 Å². The topological polar surface area (TPSA) is 109 Å². The van der Waals surface area contributed by atoms with Crippen LogP contribution in [-0.2, 0) is 32.6 Å². The summed E-state index contributed by atoms with van der Waals surface area (Å²) in [5, 5.41) is 0. The minimum Gasteiger partial charge on any atom is -0.286 e. The third kappa shape index (κ3) is 11.7. The molecule has 2 N–H and O–H groups in total. The maximum Gasteiger partial charge on any atom is 0.264 e. The molecule has 1 aromatic carbocycles. The molecule has 5 rings (SSSR count). The van der Waals surface area contributed by atoms with Gasteiger partial charge < -0.3 is 0 Å². The van der Waals surface area contributed by atoms with E-state index in [4.69, 9.17) is 0 Å². The second-order valence-electron chi connectivity index (χ2n) is 16.9. The highest BCUT2D eigenvalue weighted by Crippen LogP contribution is 2.77. The number of benzene rings is 1. The Bertz CT molecular complexity index is 1230. The molecule has 0 unspecified atom stereocenters. The van der Waals surface area contributed by atoms with E-state index in [2.05, 4.69) is 24.3 Å². The second-order valence-corrected chi connectivity index (χ2v) is 28.9. The molecule has 0 radical (unpaired) electrons. The fourth-order valence-corrected chi connectivity index (χ4v) is 25.5. The first-order chi connectivity index (χ1) is 24.0. The fraction of sp³-hybridized carbons (Fsp3) is 0.850. The summed E-state index contributed by atoms with van der Waals surface area (Å²) in [6, 6.07) is 9.51. The summed E-state index contributed by atoms with van der Waals surface area (Å²) in [4.78, 5) is 0. The molecule has 6 nitrogen and oxygen atoms in total. The summed E-state index contributed by atoms with van der Waals surface area (Å²) < 4.78 is 66.2. The molecule has 50 heavy (non-hydrogen) atoms. The van der Waals surface area contributed by atoms with Gasteiger partial charge in [-0.05, 0) is 140 Å². The van der Waals surface area contributed by atoms with Gasteiger partial charge in [-0.2, -0.15) is 16.8 Å². The average molecular weight is 773 g/mol. The lowest BCUT2D eigenvalue weighted by Crippen LogP contribution is -2.32. The molecule has 0 heterocycles. The van der Waals surface area contributed by atoms with Crippen molar-refractivity contribution in [2.24, 2.45) is 0 Å². The highest BCUT2D eigenvalue weighted by atomic mass is 32.2. The second kappa shape index (κ2) is 19.5. The van der Waals surface area contributed by atoms with E-state index in [9.17, 15) is 25.9 Å². The predicted molar refractivity (Wildman–Crippen MR) is 216 cm³/mol. The van der Waals surface area contributed by atoms with E-state index >= 15 is 0 Å². The summed E-state index contributed by atoms with van der Waals surface area (Å²) in [5.74, 6) is -0.238. The van der Waals surface area contributed by atoms with Crippen LogP contribution < -0.4 is 0 Å². The van der Waals surface area contributed by atoms with Crippen molar-refractivity contribution >= 4 is 34.8 Å². The van der Waals surface area contributed by atoms with Gasteiger partial charge in [0.2, 0.25) is 0 Å². The predicted octanol–water partition coefficient (Wildman–Crippen LogP) is 11.4. The van der Waals surface area contributed by atoms with Crippen LogP contribution in [0.15, 0.2) is 24.3 Å². The maximum absolute atomic E-state index is 11.8. The molecule has 0 aromatic heterocycles. The van der Waals surface area contributed by atoms with Gasteiger partial charge in [0, 0.05) is 14.5 Å². The van der Waals surface area contributed by atoms with Gasteiger partial charge in [-0.1, -0.05) is 49.9 Å². The lowest BCUT2D eigenvalue weighted by Gasteiger charge is -2.45. The van der Waals surface area contributed by atoms with E-state index in [0.717, 1.165) is 47.8 Å². The fourth-order valence-electron chi connectivity index (χ4n) is 11.3. The van der Waals surface area contributed by atoms with Crippen molar-refractivity contribution in [1.82, 2.24) is 0 Å². The molecule has 286 valence electrons. The molecule has 4 saturated carbocycles. The first kappa shape index (κ1) is 41.1. The van der Waals surface area contributed by atoms with Crippen LogP contribution in [-0.4, -0.2) is 72.4 Å². The van der Waals surface area contributed by atoms with Crippen molar-refractivity contribution in [2.45, 2.75) is 189 Å². The first-order valence-corrected chi connectivity index (χ1v) is 28.5. The Morgan fingerprint density at radius 2 is 0.740 bits per heavy atom. The smallest absolute Gasteiger partial charge is 0.264 e. The molecule has 0 saturated heterocycles. The summed E-state index contributed by atoms with van der Waals surface area (Å²) in [5.41, 5.74) is 6.26. The number of hydrogen-bond acceptors (Lipinski definition) is 4. The standard InChI is InChI=1S/C40H68O6P2S2/c41-49(42,43)31-17-15-29-47(37-21-5-1-6-22-37,38-23-7-2-8-24-38)33-35-19-13-14-20-36(35)34-48(39-25-9-3-10-26-39,40-27-11-4-12-28-40)30-16-18-32-50(44,45)46/h13-14,19-20,37-40H,1-12,15-18,21-34H2/p+2. The summed E-state index contributed by atoms with van der Waals surface area (Å²) in [6.45, 7) is 0. The van der Waals surface area contributed by atoms with E-state index < -0.39 is 34.8 Å². The molecule has 4 aliphatic rings. The molecular formula is C40H70O6P2S2+2. The van der Waals surface area contributed by atoms with Crippen molar-refractivity contribution in [3.05, 3.63) is 35.4 Å². The Morgan fingerprint density at radius 3 is 1.00 bits per heavy atom. The minimum absolute atomic E-state index is 0.119. The monoisotopic (exact) mass is 772 g/mol. The van der Waals surface area contributed by atoms with Crippen molar-refractivity contribution in [3.63, 3.8) is 0 Å². The van der Waals surface area contributed by atoms with E-state index in [1.54, 1.807) is 11.1 Å². The van der Waals surface area contributed by atoms with Gasteiger partial charge in [-0.25, -0.2) is 0 Å². The summed E-state index contributed by atoms with van der Waals surface area (Å²) in [6.07, 6.45) is 34.3. The van der Waals surface area contributed by atoms with Crippen LogP contribution >= 0.6 is 14.5 Å². The lowest BCUT2D eigenvalue weighted by atomic mass is 9.99. The molecule has 4 fully saturated rings. The Labute approximate surface area is 307 Å². The Kier molecular flexibility index (Phi) is 16.0. The summed E-state index contributed by atoms with van der Waals surface area (Å²) >= 11 is 0. The Morgan fingerprint density at radius 1 is 0.460 bits per heavy atom. The van der Waals surface area contributed by atoms with Crippen LogP contribution in [0, 0.1) is 0 Å². The molecule has 10 heteroatoms. The zero-order valence-corrected chi connectivity index (χ0v) is 34.5. The van der Waals surface area contributed by atoms with E-state index in [-0.39, 0.29) is 11.5 Å².